The van der Waals surface area contributed by atoms with Crippen molar-refractivity contribution in [3.63, 3.8) is 0 Å². The molecule has 128 valence electrons. The van der Waals surface area contributed by atoms with E-state index in [2.05, 4.69) is 4.29 Å². The highest BCUT2D eigenvalue weighted by Crippen LogP contribution is 2.40. The van der Waals surface area contributed by atoms with Crippen molar-refractivity contribution in [2.75, 3.05) is 10.8 Å². The maximum absolute atomic E-state index is 12.9. The lowest BCUT2D eigenvalue weighted by Gasteiger charge is -2.23. The van der Waals surface area contributed by atoms with Crippen molar-refractivity contribution in [1.29, 1.82) is 0 Å². The topological polar surface area (TPSA) is 49.8 Å². The summed E-state index contributed by atoms with van der Waals surface area (Å²) in [6.45, 7) is -0.547. The fourth-order valence-electron chi connectivity index (χ4n) is 1.85. The highest BCUT2D eigenvalue weighted by molar-refractivity contribution is 8.00. The number of aliphatic carboxylic acids is 1. The van der Waals surface area contributed by atoms with Crippen LogP contribution in [0.4, 0.5) is 18.9 Å². The Kier molecular flexibility index (Phi) is 5.84. The summed E-state index contributed by atoms with van der Waals surface area (Å²) in [5, 5.41) is 9.06. The van der Waals surface area contributed by atoms with Gasteiger partial charge in [-0.15, -0.1) is 0 Å². The molecule has 2 aromatic rings. The van der Waals surface area contributed by atoms with E-state index >= 15 is 0 Å². The van der Waals surface area contributed by atoms with Gasteiger partial charge in [0, 0.05) is 4.90 Å². The van der Waals surface area contributed by atoms with Gasteiger partial charge in [0.05, 0.1) is 11.3 Å². The van der Waals surface area contributed by atoms with E-state index in [-0.39, 0.29) is 11.4 Å². The summed E-state index contributed by atoms with van der Waals surface area (Å²) in [5.41, 5.74) is -1.02. The van der Waals surface area contributed by atoms with Crippen LogP contribution < -0.4 is 8.59 Å². The van der Waals surface area contributed by atoms with E-state index in [0.29, 0.717) is 4.90 Å². The molecule has 0 aliphatic rings. The zero-order chi connectivity index (χ0) is 17.7. The second kappa shape index (κ2) is 7.67. The maximum Gasteiger partial charge on any atom is 0.416 e. The number of hydrogen-bond donors (Lipinski definition) is 1. The van der Waals surface area contributed by atoms with Crippen LogP contribution in [0.5, 0.6) is 5.75 Å². The molecule has 24 heavy (non-hydrogen) atoms. The lowest BCUT2D eigenvalue weighted by molar-refractivity contribution is -0.137. The first-order valence-corrected chi connectivity index (χ1v) is 7.61. The molecule has 0 spiro atoms. The van der Waals surface area contributed by atoms with Crippen molar-refractivity contribution in [3.05, 3.63) is 54.1 Å². The molecule has 0 heterocycles. The Bertz CT molecular complexity index is 713. The standard InChI is InChI=1S/C15H11ClF3NO3S/c16-23-13-7-6-10(15(17,18)19)8-12(13)20(9-14(21)22)24-11-4-2-1-3-5-11/h1-8H,9H2,(H,21,22). The first-order chi connectivity index (χ1) is 11.3. The van der Waals surface area contributed by atoms with Crippen LogP contribution >= 0.6 is 23.8 Å². The molecule has 9 heteroatoms. The Morgan fingerprint density at radius 1 is 1.21 bits per heavy atom. The van der Waals surface area contributed by atoms with E-state index in [1.807, 2.05) is 0 Å². The molecule has 0 radical (unpaired) electrons. The summed E-state index contributed by atoms with van der Waals surface area (Å²) in [6, 6.07) is 11.3. The van der Waals surface area contributed by atoms with Gasteiger partial charge in [0.1, 0.15) is 18.4 Å². The minimum atomic E-state index is -4.58. The number of halogens is 4. The second-order valence-corrected chi connectivity index (χ2v) is 5.84. The van der Waals surface area contributed by atoms with Crippen molar-refractivity contribution in [1.82, 2.24) is 0 Å². The molecule has 2 aromatic carbocycles. The molecule has 0 aromatic heterocycles. The molecule has 0 unspecified atom stereocenters. The van der Waals surface area contributed by atoms with Crippen LogP contribution in [0.1, 0.15) is 5.56 Å². The maximum atomic E-state index is 12.9. The fraction of sp³-hybridized carbons (Fsp3) is 0.133. The Hall–Kier alpha value is -2.06. The fourth-order valence-corrected chi connectivity index (χ4v) is 2.93. The van der Waals surface area contributed by atoms with Gasteiger partial charge < -0.3 is 9.40 Å². The largest absolute Gasteiger partial charge is 0.480 e. The summed E-state index contributed by atoms with van der Waals surface area (Å²) in [6.07, 6.45) is -4.58. The molecule has 0 atom stereocenters. The Balaban J connectivity index is 2.45. The average molecular weight is 378 g/mol. The molecule has 0 saturated carbocycles. The summed E-state index contributed by atoms with van der Waals surface area (Å²) in [7, 11) is 0. The number of alkyl halides is 3. The summed E-state index contributed by atoms with van der Waals surface area (Å²) in [4.78, 5) is 11.8. The van der Waals surface area contributed by atoms with Crippen molar-refractivity contribution in [3.8, 4) is 5.75 Å². The van der Waals surface area contributed by atoms with Gasteiger partial charge in [-0.1, -0.05) is 18.2 Å². The van der Waals surface area contributed by atoms with Crippen molar-refractivity contribution < 1.29 is 27.4 Å². The highest BCUT2D eigenvalue weighted by atomic mass is 35.5. The van der Waals surface area contributed by atoms with E-state index in [1.165, 1.54) is 4.31 Å². The molecule has 4 nitrogen and oxygen atoms in total. The van der Waals surface area contributed by atoms with Crippen LogP contribution in [0.3, 0.4) is 0 Å². The number of carboxylic acid groups (broad SMARTS) is 1. The molecule has 0 aliphatic carbocycles. The summed E-state index contributed by atoms with van der Waals surface area (Å²) in [5.74, 6) is -1.29. The van der Waals surface area contributed by atoms with Crippen LogP contribution in [0.2, 0.25) is 0 Å². The van der Waals surface area contributed by atoms with Crippen LogP contribution in [0.15, 0.2) is 53.4 Å². The minimum absolute atomic E-state index is 0.0747. The molecule has 0 aliphatic heterocycles. The lowest BCUT2D eigenvalue weighted by atomic mass is 10.2. The molecule has 0 saturated heterocycles. The van der Waals surface area contributed by atoms with Crippen LogP contribution in [0.25, 0.3) is 0 Å². The second-order valence-electron chi connectivity index (χ2n) is 4.59. The molecule has 2 rings (SSSR count). The van der Waals surface area contributed by atoms with Crippen molar-refractivity contribution >= 4 is 35.5 Å². The SMILES string of the molecule is O=C(O)CN(Sc1ccccc1)c1cc(C(F)(F)F)ccc1OCl. The van der Waals surface area contributed by atoms with Crippen LogP contribution in [-0.4, -0.2) is 17.6 Å². The number of rotatable bonds is 6. The van der Waals surface area contributed by atoms with Gasteiger partial charge in [0.2, 0.25) is 0 Å². The van der Waals surface area contributed by atoms with Crippen LogP contribution in [-0.2, 0) is 11.0 Å². The molecule has 1 N–H and O–H groups in total. The molecule has 0 bridgehead atoms. The minimum Gasteiger partial charge on any atom is -0.480 e. The van der Waals surface area contributed by atoms with Gasteiger partial charge >= 0.3 is 12.1 Å². The van der Waals surface area contributed by atoms with E-state index in [1.54, 1.807) is 30.3 Å². The van der Waals surface area contributed by atoms with E-state index in [4.69, 9.17) is 17.0 Å². The predicted octanol–water partition coefficient (Wildman–Crippen LogP) is 4.84. The zero-order valence-electron chi connectivity index (χ0n) is 12.0. The molecular weight excluding hydrogens is 367 g/mol. The van der Waals surface area contributed by atoms with E-state index in [9.17, 15) is 18.0 Å². The van der Waals surface area contributed by atoms with Crippen molar-refractivity contribution in [2.24, 2.45) is 0 Å². The van der Waals surface area contributed by atoms with Crippen molar-refractivity contribution in [2.45, 2.75) is 11.1 Å². The highest BCUT2D eigenvalue weighted by Gasteiger charge is 2.32. The van der Waals surface area contributed by atoms with Gasteiger partial charge in [-0.2, -0.15) is 13.2 Å². The zero-order valence-corrected chi connectivity index (χ0v) is 13.5. The number of nitrogens with zero attached hydrogens (tertiary/aromatic N) is 1. The summed E-state index contributed by atoms with van der Waals surface area (Å²) < 4.78 is 44.6. The van der Waals surface area contributed by atoms with Gasteiger partial charge in [0.15, 0.2) is 5.75 Å². The first kappa shape index (κ1) is 18.3. The quantitative estimate of drug-likeness (QED) is 0.730. The van der Waals surface area contributed by atoms with E-state index < -0.39 is 24.3 Å². The number of carbonyl (C=O) groups is 1. The first-order valence-electron chi connectivity index (χ1n) is 6.53. The summed E-state index contributed by atoms with van der Waals surface area (Å²) >= 11 is 6.28. The predicted molar refractivity (Wildman–Crippen MR) is 85.2 cm³/mol. The number of carboxylic acids is 1. The Morgan fingerprint density at radius 3 is 2.42 bits per heavy atom. The average Bonchev–Trinajstić information content (AvgIpc) is 2.53. The third-order valence-electron chi connectivity index (χ3n) is 2.88. The normalized spacial score (nSPS) is 11.2. The van der Waals surface area contributed by atoms with Gasteiger partial charge in [-0.3, -0.25) is 9.10 Å². The molecule has 0 amide bonds. The van der Waals surface area contributed by atoms with Gasteiger partial charge in [-0.05, 0) is 42.3 Å². The molecular formula is C15H11ClF3NO3S. The third kappa shape index (κ3) is 4.72. The van der Waals surface area contributed by atoms with E-state index in [0.717, 1.165) is 30.1 Å². The Labute approximate surface area is 145 Å². The monoisotopic (exact) mass is 377 g/mol. The number of benzene rings is 2. The van der Waals surface area contributed by atoms with Gasteiger partial charge in [-0.25, -0.2) is 0 Å². The Morgan fingerprint density at radius 2 is 1.88 bits per heavy atom. The lowest BCUT2D eigenvalue weighted by Crippen LogP contribution is -2.23. The third-order valence-corrected chi connectivity index (χ3v) is 4.07. The molecule has 0 fully saturated rings. The van der Waals surface area contributed by atoms with Crippen LogP contribution in [0, 0.1) is 0 Å². The number of anilines is 1. The number of hydrogen-bond acceptors (Lipinski definition) is 4. The van der Waals surface area contributed by atoms with Gasteiger partial charge in [0.25, 0.3) is 0 Å². The smallest absolute Gasteiger partial charge is 0.416 e.